The van der Waals surface area contributed by atoms with Crippen molar-refractivity contribution in [1.29, 1.82) is 0 Å². The summed E-state index contributed by atoms with van der Waals surface area (Å²) < 4.78 is 0. The van der Waals surface area contributed by atoms with E-state index in [2.05, 4.69) is 15.5 Å². The van der Waals surface area contributed by atoms with Crippen LogP contribution in [0.2, 0.25) is 0 Å². The fraction of sp³-hybridized carbons (Fsp3) is 0.846. The summed E-state index contributed by atoms with van der Waals surface area (Å²) >= 11 is 0. The van der Waals surface area contributed by atoms with Crippen LogP contribution in [0, 0.1) is 0 Å². The van der Waals surface area contributed by atoms with Crippen LogP contribution >= 0.6 is 0 Å². The SMILES string of the molecule is CCC(=O)O.O=C1CN2CCNCCNCCN1CC2. The molecule has 1 atom stereocenters. The molecule has 0 saturated carbocycles. The number of carbonyl (C=O) groups excluding carboxylic acids is 1. The Balaban J connectivity index is 0.000000347. The first kappa shape index (κ1) is 16.9. The third-order valence-corrected chi connectivity index (χ3v) is 3.34. The van der Waals surface area contributed by atoms with Crippen LogP contribution in [0.5, 0.6) is 0 Å². The topological polar surface area (TPSA) is 84.9 Å². The Labute approximate surface area is 120 Å². The smallest absolute Gasteiger partial charge is 0.303 e. The van der Waals surface area contributed by atoms with E-state index in [4.69, 9.17) is 5.11 Å². The molecule has 3 aliphatic heterocycles. The van der Waals surface area contributed by atoms with Gasteiger partial charge in [0.2, 0.25) is 5.91 Å². The molecule has 0 aromatic carbocycles. The van der Waals surface area contributed by atoms with Gasteiger partial charge in [0.15, 0.2) is 0 Å². The molecule has 3 heterocycles. The standard InChI is InChI=1S/C10H20N4O.C3H6O2/c15-10-9-13-5-3-11-1-2-12-4-6-14(10)8-7-13;1-2-3(4)5/h11-12H,1-9H2;2H2,1H3,(H,4,5). The second-order valence-electron chi connectivity index (χ2n) is 4.90. The molecular formula is C13H26N4O3. The number of carboxylic acids is 1. The van der Waals surface area contributed by atoms with Crippen molar-refractivity contribution >= 4 is 11.9 Å². The fourth-order valence-corrected chi connectivity index (χ4v) is 2.06. The third kappa shape index (κ3) is 6.83. The van der Waals surface area contributed by atoms with E-state index in [1.807, 2.05) is 4.90 Å². The van der Waals surface area contributed by atoms with Crippen LogP contribution in [-0.4, -0.2) is 85.7 Å². The summed E-state index contributed by atoms with van der Waals surface area (Å²) in [7, 11) is 0. The first-order chi connectivity index (χ1) is 9.63. The summed E-state index contributed by atoms with van der Waals surface area (Å²) in [4.78, 5) is 25.3. The highest BCUT2D eigenvalue weighted by Crippen LogP contribution is 2.02. The Morgan fingerprint density at radius 3 is 2.25 bits per heavy atom. The molecule has 1 amide bonds. The van der Waals surface area contributed by atoms with E-state index in [0.29, 0.717) is 6.54 Å². The zero-order valence-corrected chi connectivity index (χ0v) is 12.2. The molecule has 2 bridgehead atoms. The van der Waals surface area contributed by atoms with E-state index in [0.717, 1.165) is 52.4 Å². The van der Waals surface area contributed by atoms with Crippen molar-refractivity contribution in [2.45, 2.75) is 13.3 Å². The van der Waals surface area contributed by atoms with Gasteiger partial charge < -0.3 is 20.6 Å². The van der Waals surface area contributed by atoms with E-state index in [1.54, 1.807) is 6.92 Å². The van der Waals surface area contributed by atoms with Gasteiger partial charge in [-0.2, -0.15) is 0 Å². The average Bonchev–Trinajstić information content (AvgIpc) is 2.41. The number of carboxylic acid groups (broad SMARTS) is 1. The highest BCUT2D eigenvalue weighted by Gasteiger charge is 2.22. The van der Waals surface area contributed by atoms with Crippen molar-refractivity contribution in [1.82, 2.24) is 20.4 Å². The van der Waals surface area contributed by atoms with Crippen molar-refractivity contribution in [3.8, 4) is 0 Å². The quantitative estimate of drug-likeness (QED) is 0.562. The number of hydrogen-bond donors (Lipinski definition) is 3. The zero-order chi connectivity index (χ0) is 14.8. The van der Waals surface area contributed by atoms with Gasteiger partial charge in [0.25, 0.3) is 0 Å². The van der Waals surface area contributed by atoms with Gasteiger partial charge in [-0.25, -0.2) is 0 Å². The number of amides is 1. The normalized spacial score (nSPS) is 24.1. The van der Waals surface area contributed by atoms with Crippen LogP contribution < -0.4 is 10.6 Å². The molecule has 3 aliphatic rings. The van der Waals surface area contributed by atoms with Crippen LogP contribution in [0.4, 0.5) is 0 Å². The lowest BCUT2D eigenvalue weighted by molar-refractivity contribution is -0.137. The Bertz CT molecular complexity index is 308. The molecule has 0 spiro atoms. The molecule has 3 fully saturated rings. The van der Waals surface area contributed by atoms with Gasteiger partial charge >= 0.3 is 5.97 Å². The summed E-state index contributed by atoms with van der Waals surface area (Å²) in [5, 5.41) is 14.4. The Kier molecular flexibility index (Phi) is 8.17. The van der Waals surface area contributed by atoms with Gasteiger partial charge in [0.1, 0.15) is 0 Å². The van der Waals surface area contributed by atoms with Crippen LogP contribution in [-0.2, 0) is 9.59 Å². The van der Waals surface area contributed by atoms with Crippen molar-refractivity contribution in [3.05, 3.63) is 0 Å². The first-order valence-corrected chi connectivity index (χ1v) is 7.27. The van der Waals surface area contributed by atoms with E-state index < -0.39 is 5.97 Å². The van der Waals surface area contributed by atoms with Crippen LogP contribution in [0.25, 0.3) is 0 Å². The first-order valence-electron chi connectivity index (χ1n) is 7.27. The average molecular weight is 286 g/mol. The Morgan fingerprint density at radius 1 is 1.10 bits per heavy atom. The maximum atomic E-state index is 11.7. The van der Waals surface area contributed by atoms with Crippen LogP contribution in [0.1, 0.15) is 13.3 Å². The maximum Gasteiger partial charge on any atom is 0.303 e. The molecule has 0 aliphatic carbocycles. The van der Waals surface area contributed by atoms with Gasteiger partial charge in [0, 0.05) is 58.8 Å². The molecule has 7 heteroatoms. The summed E-state index contributed by atoms with van der Waals surface area (Å²) in [5.74, 6) is -0.464. The molecule has 0 radical (unpaired) electrons. The second kappa shape index (κ2) is 9.68. The van der Waals surface area contributed by atoms with Crippen molar-refractivity contribution in [2.24, 2.45) is 0 Å². The molecule has 116 valence electrons. The number of aliphatic carboxylic acids is 1. The minimum Gasteiger partial charge on any atom is -0.481 e. The number of nitrogens with zero attached hydrogens (tertiary/aromatic N) is 2. The Morgan fingerprint density at radius 2 is 1.70 bits per heavy atom. The monoisotopic (exact) mass is 286 g/mol. The van der Waals surface area contributed by atoms with Gasteiger partial charge in [-0.3, -0.25) is 14.5 Å². The van der Waals surface area contributed by atoms with Crippen LogP contribution in [0.15, 0.2) is 0 Å². The predicted octanol–water partition coefficient (Wildman–Crippen LogP) is -1.20. The molecule has 3 N–H and O–H groups in total. The highest BCUT2D eigenvalue weighted by molar-refractivity contribution is 5.79. The molecule has 7 nitrogen and oxygen atoms in total. The fourth-order valence-electron chi connectivity index (χ4n) is 2.06. The van der Waals surface area contributed by atoms with E-state index in [1.165, 1.54) is 0 Å². The van der Waals surface area contributed by atoms with E-state index in [9.17, 15) is 9.59 Å². The molecule has 0 aromatic rings. The van der Waals surface area contributed by atoms with Crippen LogP contribution in [0.3, 0.4) is 0 Å². The lowest BCUT2D eigenvalue weighted by Crippen LogP contribution is -2.53. The van der Waals surface area contributed by atoms with Gasteiger partial charge in [-0.05, 0) is 0 Å². The molecule has 3 rings (SSSR count). The maximum absolute atomic E-state index is 11.7. The number of carbonyl (C=O) groups is 2. The molecule has 1 unspecified atom stereocenters. The number of piperazine rings is 1. The number of nitrogens with one attached hydrogen (secondary N) is 2. The lowest BCUT2D eigenvalue weighted by atomic mass is 10.3. The van der Waals surface area contributed by atoms with Crippen molar-refractivity contribution in [3.63, 3.8) is 0 Å². The molecule has 0 aromatic heterocycles. The van der Waals surface area contributed by atoms with Gasteiger partial charge in [-0.15, -0.1) is 0 Å². The lowest BCUT2D eigenvalue weighted by Gasteiger charge is -2.34. The third-order valence-electron chi connectivity index (χ3n) is 3.34. The summed E-state index contributed by atoms with van der Waals surface area (Å²) in [6.07, 6.45) is 0.222. The van der Waals surface area contributed by atoms with E-state index >= 15 is 0 Å². The molecular weight excluding hydrogens is 260 g/mol. The zero-order valence-electron chi connectivity index (χ0n) is 12.2. The minimum atomic E-state index is -0.745. The molecule has 20 heavy (non-hydrogen) atoms. The van der Waals surface area contributed by atoms with E-state index in [-0.39, 0.29) is 12.3 Å². The summed E-state index contributed by atoms with van der Waals surface area (Å²) in [6.45, 7) is 9.84. The number of rotatable bonds is 1. The Hall–Kier alpha value is -1.18. The van der Waals surface area contributed by atoms with Gasteiger partial charge in [-0.1, -0.05) is 6.92 Å². The minimum absolute atomic E-state index is 0.222. The van der Waals surface area contributed by atoms with Gasteiger partial charge in [0.05, 0.1) is 6.54 Å². The van der Waals surface area contributed by atoms with Crippen molar-refractivity contribution in [2.75, 3.05) is 58.9 Å². The molecule has 3 saturated heterocycles. The number of hydrogen-bond acceptors (Lipinski definition) is 5. The second-order valence-corrected chi connectivity index (χ2v) is 4.90. The summed E-state index contributed by atoms with van der Waals surface area (Å²) in [6, 6.07) is 0. The summed E-state index contributed by atoms with van der Waals surface area (Å²) in [5.41, 5.74) is 0. The predicted molar refractivity (Wildman–Crippen MR) is 76.7 cm³/mol. The highest BCUT2D eigenvalue weighted by atomic mass is 16.4. The van der Waals surface area contributed by atoms with Crippen molar-refractivity contribution < 1.29 is 14.7 Å². The number of fused-ring (bicyclic) bond motifs is 9. The largest absolute Gasteiger partial charge is 0.481 e.